The molecule has 1 aromatic rings. The van der Waals surface area contributed by atoms with Crippen molar-refractivity contribution < 1.29 is 14.8 Å². The molecule has 0 aromatic heterocycles. The van der Waals surface area contributed by atoms with E-state index in [1.54, 1.807) is 13.0 Å². The van der Waals surface area contributed by atoms with Gasteiger partial charge in [0.05, 0.1) is 11.0 Å². The maximum absolute atomic E-state index is 11.1. The normalized spacial score (nSPS) is 14.2. The van der Waals surface area contributed by atoms with Gasteiger partial charge in [-0.15, -0.1) is 0 Å². The van der Waals surface area contributed by atoms with Crippen LogP contribution in [0.3, 0.4) is 0 Å². The molecule has 0 aliphatic rings. The van der Waals surface area contributed by atoms with Crippen molar-refractivity contribution in [3.8, 4) is 0 Å². The molecule has 5 nitrogen and oxygen atoms in total. The smallest absolute Gasteiger partial charge is 0.269 e. The lowest BCUT2D eigenvalue weighted by Gasteiger charge is -2.16. The van der Waals surface area contributed by atoms with Crippen LogP contribution in [0.1, 0.15) is 25.5 Å². The molecule has 0 saturated heterocycles. The van der Waals surface area contributed by atoms with Crippen LogP contribution in [0.25, 0.3) is 0 Å². The number of non-ortho nitro benzene ring substituents is 1. The highest BCUT2D eigenvalue weighted by molar-refractivity contribution is 5.78. The summed E-state index contributed by atoms with van der Waals surface area (Å²) in [5, 5.41) is 20.4. The average Bonchev–Trinajstić information content (AvgIpc) is 2.27. The number of aliphatic hydroxyl groups excluding tert-OH is 1. The number of hydrogen-bond donors (Lipinski definition) is 1. The zero-order chi connectivity index (χ0) is 12.3. The van der Waals surface area contributed by atoms with E-state index in [2.05, 4.69) is 0 Å². The summed E-state index contributed by atoms with van der Waals surface area (Å²) in [6, 6.07) is 5.68. The maximum Gasteiger partial charge on any atom is 0.269 e. The third-order valence-corrected chi connectivity index (χ3v) is 2.54. The molecule has 5 heteroatoms. The van der Waals surface area contributed by atoms with Gasteiger partial charge >= 0.3 is 0 Å². The van der Waals surface area contributed by atoms with Crippen molar-refractivity contribution >= 4 is 11.5 Å². The van der Waals surface area contributed by atoms with Crippen molar-refractivity contribution in [2.75, 3.05) is 0 Å². The minimum absolute atomic E-state index is 0.0905. The lowest BCUT2D eigenvalue weighted by Crippen LogP contribution is -2.16. The van der Waals surface area contributed by atoms with E-state index in [1.807, 2.05) is 0 Å². The number of hydrogen-bond acceptors (Lipinski definition) is 4. The molecule has 0 aliphatic carbocycles. The first-order chi connectivity index (χ1) is 7.43. The number of benzene rings is 1. The number of nitro benzene ring substituents is 1. The molecule has 0 fully saturated rings. The van der Waals surface area contributed by atoms with Crippen LogP contribution in [0.15, 0.2) is 24.3 Å². The minimum atomic E-state index is -1.00. The fourth-order valence-electron chi connectivity index (χ4n) is 1.33. The van der Waals surface area contributed by atoms with Gasteiger partial charge in [0, 0.05) is 18.1 Å². The van der Waals surface area contributed by atoms with E-state index in [4.69, 9.17) is 0 Å². The monoisotopic (exact) mass is 223 g/mol. The predicted octanol–water partition coefficient (Wildman–Crippen LogP) is 1.85. The van der Waals surface area contributed by atoms with Crippen LogP contribution >= 0.6 is 0 Å². The number of aliphatic hydroxyl groups is 1. The van der Waals surface area contributed by atoms with Gasteiger partial charge in [-0.25, -0.2) is 0 Å². The summed E-state index contributed by atoms with van der Waals surface area (Å²) in [4.78, 5) is 21.1. The topological polar surface area (TPSA) is 80.4 Å². The molecule has 1 rings (SSSR count). The molecule has 1 N–H and O–H groups in total. The standard InChI is InChI=1S/C11H13NO4/c1-7(8(2)13)11(14)9-4-3-5-10(6-9)12(15)16/h3-7,11,14H,1-2H3/t7-,11+/m0/s1. The molecule has 86 valence electrons. The molecule has 0 bridgehead atoms. The van der Waals surface area contributed by atoms with Crippen molar-refractivity contribution in [2.24, 2.45) is 5.92 Å². The molecule has 0 saturated carbocycles. The molecule has 0 unspecified atom stereocenters. The van der Waals surface area contributed by atoms with Gasteiger partial charge in [-0.1, -0.05) is 19.1 Å². The van der Waals surface area contributed by atoms with Crippen LogP contribution in [0.2, 0.25) is 0 Å². The van der Waals surface area contributed by atoms with Gasteiger partial charge < -0.3 is 5.11 Å². The Kier molecular flexibility index (Phi) is 3.73. The Bertz CT molecular complexity index is 416. The third kappa shape index (κ3) is 2.64. The van der Waals surface area contributed by atoms with Gasteiger partial charge in [0.25, 0.3) is 5.69 Å². The SMILES string of the molecule is CC(=O)[C@H](C)[C@@H](O)c1cccc([N+](=O)[O-])c1. The summed E-state index contributed by atoms with van der Waals surface area (Å²) in [6.07, 6.45) is -1.00. The summed E-state index contributed by atoms with van der Waals surface area (Å²) in [7, 11) is 0. The maximum atomic E-state index is 11.1. The minimum Gasteiger partial charge on any atom is -0.388 e. The summed E-state index contributed by atoms with van der Waals surface area (Å²) < 4.78 is 0. The van der Waals surface area contributed by atoms with Crippen molar-refractivity contribution in [2.45, 2.75) is 20.0 Å². The van der Waals surface area contributed by atoms with E-state index in [0.29, 0.717) is 5.56 Å². The van der Waals surface area contributed by atoms with Crippen LogP contribution in [0, 0.1) is 16.0 Å². The second kappa shape index (κ2) is 4.85. The molecule has 0 spiro atoms. The third-order valence-electron chi connectivity index (χ3n) is 2.54. The Morgan fingerprint density at radius 3 is 2.62 bits per heavy atom. The highest BCUT2D eigenvalue weighted by Crippen LogP contribution is 2.25. The van der Waals surface area contributed by atoms with Gasteiger partial charge in [0.15, 0.2) is 0 Å². The molecular weight excluding hydrogens is 210 g/mol. The lowest BCUT2D eigenvalue weighted by atomic mass is 9.94. The van der Waals surface area contributed by atoms with E-state index >= 15 is 0 Å². The number of Topliss-reactive ketones (excluding diaryl/α,β-unsaturated/α-hetero) is 1. The van der Waals surface area contributed by atoms with E-state index in [9.17, 15) is 20.0 Å². The van der Waals surface area contributed by atoms with Gasteiger partial charge in [0.2, 0.25) is 0 Å². The largest absolute Gasteiger partial charge is 0.388 e. The Labute approximate surface area is 92.9 Å². The van der Waals surface area contributed by atoms with Crippen molar-refractivity contribution in [1.82, 2.24) is 0 Å². The molecule has 16 heavy (non-hydrogen) atoms. The number of carbonyl (C=O) groups is 1. The summed E-state index contributed by atoms with van der Waals surface area (Å²) in [5.74, 6) is -0.721. The lowest BCUT2D eigenvalue weighted by molar-refractivity contribution is -0.385. The zero-order valence-corrected chi connectivity index (χ0v) is 9.08. The number of nitrogens with zero attached hydrogens (tertiary/aromatic N) is 1. The molecule has 1 aromatic carbocycles. The fraction of sp³-hybridized carbons (Fsp3) is 0.364. The Balaban J connectivity index is 3.00. The van der Waals surface area contributed by atoms with Gasteiger partial charge in [-0.2, -0.15) is 0 Å². The predicted molar refractivity (Wildman–Crippen MR) is 57.9 cm³/mol. The highest BCUT2D eigenvalue weighted by atomic mass is 16.6. The summed E-state index contributed by atoms with van der Waals surface area (Å²) in [6.45, 7) is 2.97. The number of nitro groups is 1. The van der Waals surface area contributed by atoms with E-state index in [0.717, 1.165) is 0 Å². The number of carbonyl (C=O) groups excluding carboxylic acids is 1. The summed E-state index contributed by atoms with van der Waals surface area (Å²) in [5.41, 5.74) is 0.296. The van der Waals surface area contributed by atoms with Crippen LogP contribution < -0.4 is 0 Å². The molecule has 0 radical (unpaired) electrons. The molecular formula is C11H13NO4. The van der Waals surface area contributed by atoms with Crippen LogP contribution in [0.4, 0.5) is 5.69 Å². The number of rotatable bonds is 4. The van der Waals surface area contributed by atoms with Crippen LogP contribution in [0.5, 0.6) is 0 Å². The highest BCUT2D eigenvalue weighted by Gasteiger charge is 2.21. The Morgan fingerprint density at radius 2 is 2.12 bits per heavy atom. The van der Waals surface area contributed by atoms with Crippen molar-refractivity contribution in [1.29, 1.82) is 0 Å². The molecule has 0 aliphatic heterocycles. The van der Waals surface area contributed by atoms with Crippen LogP contribution in [-0.4, -0.2) is 15.8 Å². The first-order valence-corrected chi connectivity index (χ1v) is 4.86. The quantitative estimate of drug-likeness (QED) is 0.624. The van der Waals surface area contributed by atoms with Crippen molar-refractivity contribution in [3.05, 3.63) is 39.9 Å². The number of ketones is 1. The van der Waals surface area contributed by atoms with E-state index in [1.165, 1.54) is 25.1 Å². The van der Waals surface area contributed by atoms with Gasteiger partial charge in [-0.3, -0.25) is 14.9 Å². The molecule has 0 heterocycles. The average molecular weight is 223 g/mol. The Hall–Kier alpha value is -1.75. The van der Waals surface area contributed by atoms with Gasteiger partial charge in [0.1, 0.15) is 5.78 Å². The van der Waals surface area contributed by atoms with Crippen LogP contribution in [-0.2, 0) is 4.79 Å². The molecule has 0 amide bonds. The molecule has 2 atom stereocenters. The first kappa shape index (κ1) is 12.3. The Morgan fingerprint density at radius 1 is 1.50 bits per heavy atom. The van der Waals surface area contributed by atoms with Gasteiger partial charge in [-0.05, 0) is 12.5 Å². The van der Waals surface area contributed by atoms with E-state index < -0.39 is 16.9 Å². The van der Waals surface area contributed by atoms with Crippen molar-refractivity contribution in [3.63, 3.8) is 0 Å². The zero-order valence-electron chi connectivity index (χ0n) is 9.08. The second-order valence-corrected chi connectivity index (χ2v) is 3.70. The summed E-state index contributed by atoms with van der Waals surface area (Å²) >= 11 is 0. The first-order valence-electron chi connectivity index (χ1n) is 4.86. The second-order valence-electron chi connectivity index (χ2n) is 3.70. The fourth-order valence-corrected chi connectivity index (χ4v) is 1.33. The van der Waals surface area contributed by atoms with E-state index in [-0.39, 0.29) is 11.5 Å².